The molecule has 8 heteroatoms. The summed E-state index contributed by atoms with van der Waals surface area (Å²) >= 11 is 3.63. The summed E-state index contributed by atoms with van der Waals surface area (Å²) in [6.07, 6.45) is 6.85. The quantitative estimate of drug-likeness (QED) is 0.107. The maximum absolute atomic E-state index is 6.89. The van der Waals surface area contributed by atoms with Gasteiger partial charge in [0.15, 0.2) is 0 Å². The van der Waals surface area contributed by atoms with E-state index in [1.54, 1.807) is 0 Å². The van der Waals surface area contributed by atoms with E-state index >= 15 is 0 Å². The monoisotopic (exact) mass is 1070 g/mol. The van der Waals surface area contributed by atoms with Gasteiger partial charge in [0.1, 0.15) is 23.0 Å². The first-order valence-electron chi connectivity index (χ1n) is 28.6. The molecule has 0 atom stereocenters. The average molecular weight is 1070 g/mol. The fraction of sp³-hybridized carbons (Fsp3) is 0.167. The summed E-state index contributed by atoms with van der Waals surface area (Å²) in [7, 11) is 0. The van der Waals surface area contributed by atoms with E-state index in [0.29, 0.717) is 0 Å². The summed E-state index contributed by atoms with van der Waals surface area (Å²) in [5.74, 6) is 3.83. The van der Waals surface area contributed by atoms with Crippen LogP contribution in [0.1, 0.15) is 72.9 Å². The van der Waals surface area contributed by atoms with Gasteiger partial charge in [0.25, 0.3) is 13.4 Å². The second-order valence-corrected chi connectivity index (χ2v) is 24.8. The second-order valence-electron chi connectivity index (χ2n) is 22.5. The van der Waals surface area contributed by atoms with E-state index in [4.69, 9.17) is 9.47 Å². The number of hydrogen-bond acceptors (Lipinski definition) is 6. The van der Waals surface area contributed by atoms with Crippen molar-refractivity contribution in [2.75, 3.05) is 9.80 Å². The molecule has 0 unspecified atom stereocenters. The highest BCUT2D eigenvalue weighted by Gasteiger charge is 2.44. The molecular weight excluding hydrogens is 1010 g/mol. The Balaban J connectivity index is 0.757. The van der Waals surface area contributed by atoms with Crippen LogP contribution in [0.5, 0.6) is 23.0 Å². The van der Waals surface area contributed by atoms with Crippen LogP contribution >= 0.6 is 23.5 Å². The van der Waals surface area contributed by atoms with Crippen LogP contribution in [0.25, 0.3) is 11.1 Å². The molecule has 10 aromatic carbocycles. The molecule has 0 saturated heterocycles. The van der Waals surface area contributed by atoms with E-state index in [9.17, 15) is 0 Å². The molecule has 0 aliphatic carbocycles. The largest absolute Gasteiger partial charge is 0.458 e. The summed E-state index contributed by atoms with van der Waals surface area (Å²) in [6, 6.07) is 73.1. The second kappa shape index (κ2) is 20.7. The standard InChI is InChI=1S/C72H62B2N2O2S2/c1-7-9-15-49-27-30-64-60(39-49)74-62-40-50(16-10-8-2)28-32-68(62)78-70-38-48(6)36-66(72(70)74)76(64)54-20-14-24-58(44-54)80-56-22-12-18-52(42-56)51-17-11-21-55(41-51)79-57-23-13-19-53(43-57)75-63-29-25-45(3)33-59(63)73-61-34-46(4)26-31-67(61)77-69-37-47(5)35-65(75)71(69)73/h11-14,17-44H,7-10,15-16H2,1-6H3. The van der Waals surface area contributed by atoms with Crippen LogP contribution in [0.2, 0.25) is 0 Å². The minimum Gasteiger partial charge on any atom is -0.458 e. The van der Waals surface area contributed by atoms with Crippen molar-refractivity contribution in [3.63, 3.8) is 0 Å². The Kier molecular flexibility index (Phi) is 13.1. The first kappa shape index (κ1) is 50.4. The van der Waals surface area contributed by atoms with E-state index in [2.05, 4.69) is 245 Å². The lowest BCUT2D eigenvalue weighted by Gasteiger charge is -2.40. The smallest absolute Gasteiger partial charge is 0.256 e. The average Bonchev–Trinajstić information content (AvgIpc) is 3.54. The third-order valence-corrected chi connectivity index (χ3v) is 18.5. The van der Waals surface area contributed by atoms with Gasteiger partial charge in [-0.1, -0.05) is 146 Å². The van der Waals surface area contributed by atoms with Crippen molar-refractivity contribution in [1.29, 1.82) is 0 Å². The molecule has 4 heterocycles. The summed E-state index contributed by atoms with van der Waals surface area (Å²) in [5, 5.41) is 0. The number of nitrogens with zero attached hydrogens (tertiary/aromatic N) is 2. The minimum atomic E-state index is 0.0848. The number of anilines is 6. The van der Waals surface area contributed by atoms with Crippen LogP contribution < -0.4 is 52.1 Å². The zero-order chi connectivity index (χ0) is 54.2. The molecule has 390 valence electrons. The molecule has 0 fully saturated rings. The molecule has 10 aromatic rings. The highest BCUT2D eigenvalue weighted by Crippen LogP contribution is 2.46. The van der Waals surface area contributed by atoms with Gasteiger partial charge in [-0.05, 0) is 229 Å². The molecule has 0 bridgehead atoms. The molecule has 4 aliphatic heterocycles. The van der Waals surface area contributed by atoms with E-state index in [-0.39, 0.29) is 13.4 Å². The Bertz CT molecular complexity index is 4120. The lowest BCUT2D eigenvalue weighted by molar-refractivity contribution is 0.486. The Hall–Kier alpha value is -7.77. The number of fused-ring (bicyclic) bond motifs is 8. The number of rotatable bonds is 13. The first-order chi connectivity index (χ1) is 39.1. The fourth-order valence-electron chi connectivity index (χ4n) is 12.9. The maximum Gasteiger partial charge on any atom is 0.256 e. The number of unbranched alkanes of at least 4 members (excludes halogenated alkanes) is 2. The van der Waals surface area contributed by atoms with E-state index in [0.717, 1.165) is 47.2 Å². The van der Waals surface area contributed by atoms with Gasteiger partial charge < -0.3 is 19.3 Å². The molecule has 0 aromatic heterocycles. The Morgan fingerprint density at radius 1 is 0.362 bits per heavy atom. The topological polar surface area (TPSA) is 24.9 Å². The van der Waals surface area contributed by atoms with Gasteiger partial charge >= 0.3 is 0 Å². The number of benzene rings is 10. The third-order valence-electron chi connectivity index (χ3n) is 16.5. The molecule has 80 heavy (non-hydrogen) atoms. The van der Waals surface area contributed by atoms with Gasteiger partial charge in [-0.2, -0.15) is 0 Å². The van der Waals surface area contributed by atoms with Gasteiger partial charge in [-0.15, -0.1) is 0 Å². The summed E-state index contributed by atoms with van der Waals surface area (Å²) in [5.41, 5.74) is 24.8. The molecular formula is C72H62B2N2O2S2. The van der Waals surface area contributed by atoms with Gasteiger partial charge in [-0.25, -0.2) is 0 Å². The van der Waals surface area contributed by atoms with E-state index < -0.39 is 0 Å². The minimum absolute atomic E-state index is 0.0848. The summed E-state index contributed by atoms with van der Waals surface area (Å²) < 4.78 is 13.6. The van der Waals surface area contributed by atoms with Gasteiger partial charge in [-0.3, -0.25) is 0 Å². The van der Waals surface area contributed by atoms with Crippen molar-refractivity contribution >= 4 is 104 Å². The van der Waals surface area contributed by atoms with Gasteiger partial charge in [0.05, 0.1) is 0 Å². The Morgan fingerprint density at radius 2 is 0.787 bits per heavy atom. The predicted molar refractivity (Wildman–Crippen MR) is 341 cm³/mol. The normalized spacial score (nSPS) is 13.1. The van der Waals surface area contributed by atoms with Crippen molar-refractivity contribution < 1.29 is 9.47 Å². The van der Waals surface area contributed by atoms with Crippen molar-refractivity contribution in [1.82, 2.24) is 0 Å². The Morgan fingerprint density at radius 3 is 1.32 bits per heavy atom. The number of aryl methyl sites for hydroxylation is 6. The Labute approximate surface area is 481 Å². The number of ether oxygens (including phenoxy) is 2. The first-order valence-corrected chi connectivity index (χ1v) is 30.3. The third kappa shape index (κ3) is 9.11. The lowest BCUT2D eigenvalue weighted by atomic mass is 9.34. The molecule has 4 aliphatic rings. The van der Waals surface area contributed by atoms with Crippen LogP contribution in [0.3, 0.4) is 0 Å². The molecule has 0 amide bonds. The highest BCUT2D eigenvalue weighted by molar-refractivity contribution is 7.99. The van der Waals surface area contributed by atoms with Crippen molar-refractivity contribution in [2.24, 2.45) is 0 Å². The van der Waals surface area contributed by atoms with Gasteiger partial charge in [0, 0.05) is 53.7 Å². The van der Waals surface area contributed by atoms with Crippen molar-refractivity contribution in [3.8, 4) is 34.1 Å². The van der Waals surface area contributed by atoms with Crippen molar-refractivity contribution in [3.05, 3.63) is 228 Å². The molecule has 0 N–H and O–H groups in total. The van der Waals surface area contributed by atoms with Crippen LogP contribution in [0.4, 0.5) is 34.1 Å². The molecule has 4 nitrogen and oxygen atoms in total. The van der Waals surface area contributed by atoms with Crippen LogP contribution in [0, 0.1) is 27.7 Å². The zero-order valence-electron chi connectivity index (χ0n) is 46.4. The lowest BCUT2D eigenvalue weighted by Crippen LogP contribution is -2.59. The van der Waals surface area contributed by atoms with Crippen LogP contribution in [0.15, 0.2) is 214 Å². The molecule has 0 radical (unpaired) electrons. The summed E-state index contributed by atoms with van der Waals surface area (Å²) in [4.78, 5) is 9.72. The van der Waals surface area contributed by atoms with E-state index in [1.165, 1.54) is 145 Å². The molecule has 14 rings (SSSR count). The zero-order valence-corrected chi connectivity index (χ0v) is 48.0. The highest BCUT2D eigenvalue weighted by atomic mass is 32.2. The number of hydrogen-bond donors (Lipinski definition) is 0. The maximum atomic E-state index is 6.89. The predicted octanol–water partition coefficient (Wildman–Crippen LogP) is 16.4. The van der Waals surface area contributed by atoms with Crippen LogP contribution in [-0.2, 0) is 12.8 Å². The van der Waals surface area contributed by atoms with E-state index in [1.807, 2.05) is 23.5 Å². The fourth-order valence-corrected chi connectivity index (χ4v) is 14.7. The molecule has 0 saturated carbocycles. The summed E-state index contributed by atoms with van der Waals surface area (Å²) in [6.45, 7) is 13.5. The van der Waals surface area contributed by atoms with Gasteiger partial charge in [0.2, 0.25) is 0 Å². The van der Waals surface area contributed by atoms with Crippen LogP contribution in [-0.4, -0.2) is 13.4 Å². The van der Waals surface area contributed by atoms with Crippen molar-refractivity contribution in [2.45, 2.75) is 99.6 Å². The molecule has 0 spiro atoms. The SMILES string of the molecule is CCCCc1ccc2c(c1)B1c3cc(CCCC)ccc3N(c3cccc(Sc4cccc(-c5cccc(Sc6cccc(N7c8ccc(C)cc8B8c9cc(C)ccc9Oc9cc(C)cc7c98)c6)c5)c4)c3)c3cc(C)cc(c31)O2.